The summed E-state index contributed by atoms with van der Waals surface area (Å²) in [7, 11) is 0. The van der Waals surface area contributed by atoms with Crippen LogP contribution in [0.15, 0.2) is 91.5 Å². The second-order valence-corrected chi connectivity index (χ2v) is 10.7. The van der Waals surface area contributed by atoms with E-state index in [1.54, 1.807) is 12.5 Å². The van der Waals surface area contributed by atoms with Crippen molar-refractivity contribution in [2.75, 3.05) is 38.2 Å². The van der Waals surface area contributed by atoms with E-state index >= 15 is 0 Å². The largest absolute Gasteiger partial charge is 0.493 e. The number of hydrogen-bond acceptors (Lipinski definition) is 6. The van der Waals surface area contributed by atoms with Crippen molar-refractivity contribution < 1.29 is 19.0 Å². The van der Waals surface area contributed by atoms with Crippen LogP contribution in [0.3, 0.4) is 0 Å². The van der Waals surface area contributed by atoms with Gasteiger partial charge in [-0.3, -0.25) is 4.79 Å². The summed E-state index contributed by atoms with van der Waals surface area (Å²) in [5, 5.41) is 3.12. The summed E-state index contributed by atoms with van der Waals surface area (Å²) in [5.74, 6) is 1.97. The van der Waals surface area contributed by atoms with Gasteiger partial charge in [0.05, 0.1) is 25.2 Å². The second-order valence-electron chi connectivity index (χ2n) is 10.7. The maximum atomic E-state index is 13.8. The number of anilines is 1. The third-order valence-electron chi connectivity index (χ3n) is 7.54. The first-order valence-electron chi connectivity index (χ1n) is 15.8. The zero-order valence-corrected chi connectivity index (χ0v) is 26.3. The molecule has 3 aromatic carbocycles. The lowest BCUT2D eigenvalue weighted by Gasteiger charge is -2.21. The third kappa shape index (κ3) is 10.2. The Bertz CT molecular complexity index is 1370. The normalized spacial score (nSPS) is 11.7. The molecule has 4 aromatic rings. The smallest absolute Gasteiger partial charge is 0.247 e. The lowest BCUT2D eigenvalue weighted by molar-refractivity contribution is -0.119. The zero-order chi connectivity index (χ0) is 31.0. The summed E-state index contributed by atoms with van der Waals surface area (Å²) in [5.41, 5.74) is 2.75. The molecule has 4 rings (SSSR count). The van der Waals surface area contributed by atoms with Gasteiger partial charge in [0.25, 0.3) is 0 Å². The van der Waals surface area contributed by atoms with E-state index in [-0.39, 0.29) is 5.91 Å². The number of amides is 1. The van der Waals surface area contributed by atoms with Crippen LogP contribution in [0.25, 0.3) is 0 Å². The molecule has 0 aliphatic rings. The van der Waals surface area contributed by atoms with E-state index in [0.717, 1.165) is 61.5 Å². The molecular weight excluding hydrogens is 552 g/mol. The molecular formula is C36H46N4O4. The Labute approximate surface area is 262 Å². The Kier molecular flexibility index (Phi) is 13.1. The van der Waals surface area contributed by atoms with Crippen molar-refractivity contribution in [2.45, 2.75) is 59.1 Å². The number of ether oxygens (including phenoxy) is 3. The summed E-state index contributed by atoms with van der Waals surface area (Å²) in [4.78, 5) is 20.3. The summed E-state index contributed by atoms with van der Waals surface area (Å²) in [6.45, 7) is 11.2. The second kappa shape index (κ2) is 17.7. The van der Waals surface area contributed by atoms with Gasteiger partial charge in [0.15, 0.2) is 0 Å². The Morgan fingerprint density at radius 1 is 0.864 bits per heavy atom. The van der Waals surface area contributed by atoms with Crippen LogP contribution in [0.5, 0.6) is 17.2 Å². The van der Waals surface area contributed by atoms with Gasteiger partial charge in [-0.25, -0.2) is 4.98 Å². The van der Waals surface area contributed by atoms with E-state index in [9.17, 15) is 4.79 Å². The molecule has 1 heterocycles. The predicted octanol–water partition coefficient (Wildman–Crippen LogP) is 7.17. The minimum Gasteiger partial charge on any atom is -0.493 e. The van der Waals surface area contributed by atoms with E-state index in [2.05, 4.69) is 36.0 Å². The first-order chi connectivity index (χ1) is 21.6. The summed E-state index contributed by atoms with van der Waals surface area (Å²) < 4.78 is 19.9. The van der Waals surface area contributed by atoms with Gasteiger partial charge in [0.2, 0.25) is 5.91 Å². The van der Waals surface area contributed by atoms with Crippen molar-refractivity contribution in [2.24, 2.45) is 0 Å². The molecule has 1 atom stereocenters. The van der Waals surface area contributed by atoms with Crippen LogP contribution in [0.1, 0.15) is 57.2 Å². The fourth-order valence-electron chi connectivity index (χ4n) is 4.85. The number of hydrogen-bond donors (Lipinski definition) is 1. The van der Waals surface area contributed by atoms with Crippen molar-refractivity contribution in [3.63, 3.8) is 0 Å². The highest BCUT2D eigenvalue weighted by Crippen LogP contribution is 2.31. The number of unbranched alkanes of at least 4 members (excludes halogenated alkanes) is 1. The lowest BCUT2D eigenvalue weighted by Crippen LogP contribution is -2.27. The molecule has 0 radical (unpaired) electrons. The molecule has 0 aliphatic heterocycles. The summed E-state index contributed by atoms with van der Waals surface area (Å²) in [6, 6.07) is 23.1. The molecule has 234 valence electrons. The number of rotatable bonds is 19. The van der Waals surface area contributed by atoms with Crippen LogP contribution in [0.4, 0.5) is 5.69 Å². The van der Waals surface area contributed by atoms with Gasteiger partial charge in [0, 0.05) is 31.4 Å². The SMILES string of the molecule is CCCCOc1cc(OCCCN(CC)CC)ccc1NC(=O)[C@@H](Cc1ccc(OCc2ccccc2)cc1)n1ccnc1. The quantitative estimate of drug-likeness (QED) is 0.115. The first-order valence-corrected chi connectivity index (χ1v) is 15.8. The molecule has 1 amide bonds. The molecule has 0 bridgehead atoms. The van der Waals surface area contributed by atoms with Gasteiger partial charge in [0.1, 0.15) is 29.9 Å². The van der Waals surface area contributed by atoms with Crippen LogP contribution in [0, 0.1) is 0 Å². The van der Waals surface area contributed by atoms with E-state index in [1.807, 2.05) is 83.6 Å². The van der Waals surface area contributed by atoms with Gasteiger partial charge in [-0.05, 0) is 61.3 Å². The summed E-state index contributed by atoms with van der Waals surface area (Å²) in [6.07, 6.45) is 8.55. The maximum absolute atomic E-state index is 13.8. The average molecular weight is 599 g/mol. The molecule has 8 nitrogen and oxygen atoms in total. The van der Waals surface area contributed by atoms with Gasteiger partial charge >= 0.3 is 0 Å². The molecule has 1 N–H and O–H groups in total. The van der Waals surface area contributed by atoms with E-state index in [1.165, 1.54) is 0 Å². The van der Waals surface area contributed by atoms with E-state index < -0.39 is 6.04 Å². The Hall–Kier alpha value is -4.30. The van der Waals surface area contributed by atoms with E-state index in [4.69, 9.17) is 14.2 Å². The van der Waals surface area contributed by atoms with Crippen molar-refractivity contribution in [1.82, 2.24) is 14.5 Å². The van der Waals surface area contributed by atoms with Crippen molar-refractivity contribution >= 4 is 11.6 Å². The highest BCUT2D eigenvalue weighted by molar-refractivity contribution is 5.95. The number of imidazole rings is 1. The number of carbonyl (C=O) groups is 1. The maximum Gasteiger partial charge on any atom is 0.247 e. The Balaban J connectivity index is 1.42. The monoisotopic (exact) mass is 598 g/mol. The fraction of sp³-hybridized carbons (Fsp3) is 0.389. The molecule has 8 heteroatoms. The minimum atomic E-state index is -0.506. The number of aromatic nitrogens is 2. The molecule has 44 heavy (non-hydrogen) atoms. The number of benzene rings is 3. The molecule has 0 aliphatic carbocycles. The molecule has 0 saturated heterocycles. The van der Waals surface area contributed by atoms with Gasteiger partial charge in [-0.1, -0.05) is 69.7 Å². The van der Waals surface area contributed by atoms with Gasteiger partial charge in [-0.15, -0.1) is 0 Å². The van der Waals surface area contributed by atoms with Crippen LogP contribution in [-0.4, -0.2) is 53.2 Å². The van der Waals surface area contributed by atoms with Crippen molar-refractivity contribution in [1.29, 1.82) is 0 Å². The van der Waals surface area contributed by atoms with Crippen molar-refractivity contribution in [3.8, 4) is 17.2 Å². The molecule has 0 saturated carbocycles. The Morgan fingerprint density at radius 3 is 2.32 bits per heavy atom. The van der Waals surface area contributed by atoms with Crippen LogP contribution in [-0.2, 0) is 17.8 Å². The average Bonchev–Trinajstić information content (AvgIpc) is 3.60. The predicted molar refractivity (Wildman–Crippen MR) is 176 cm³/mol. The molecule has 0 unspecified atom stereocenters. The highest BCUT2D eigenvalue weighted by atomic mass is 16.5. The molecule has 0 spiro atoms. The van der Waals surface area contributed by atoms with Crippen LogP contribution >= 0.6 is 0 Å². The number of nitrogens with one attached hydrogen (secondary N) is 1. The molecule has 1 aromatic heterocycles. The summed E-state index contributed by atoms with van der Waals surface area (Å²) >= 11 is 0. The topological polar surface area (TPSA) is 77.9 Å². The standard InChI is InChI=1S/C36H46N4O4/c1-4-7-23-43-35-26-32(42-24-11-21-39(5-2)6-3)18-19-33(35)38-36(41)34(40-22-20-37-28-40)25-29-14-16-31(17-15-29)44-27-30-12-9-8-10-13-30/h8-10,12-20,22,26,28,34H,4-7,11,21,23-25,27H2,1-3H3,(H,38,41)/t34-/m1/s1. The number of carbonyl (C=O) groups excluding carboxylic acids is 1. The zero-order valence-electron chi connectivity index (χ0n) is 26.3. The first kappa shape index (κ1) is 32.6. The van der Waals surface area contributed by atoms with Gasteiger partial charge in [-0.2, -0.15) is 0 Å². The van der Waals surface area contributed by atoms with E-state index in [0.29, 0.717) is 37.7 Å². The van der Waals surface area contributed by atoms with Crippen molar-refractivity contribution in [3.05, 3.63) is 103 Å². The third-order valence-corrected chi connectivity index (χ3v) is 7.54. The number of nitrogens with zero attached hydrogens (tertiary/aromatic N) is 3. The molecule has 0 fully saturated rings. The van der Waals surface area contributed by atoms with Gasteiger partial charge < -0.3 is 29.0 Å². The van der Waals surface area contributed by atoms with Crippen LogP contribution in [0.2, 0.25) is 0 Å². The van der Waals surface area contributed by atoms with Crippen LogP contribution < -0.4 is 19.5 Å². The lowest BCUT2D eigenvalue weighted by atomic mass is 10.0. The Morgan fingerprint density at radius 2 is 1.61 bits per heavy atom. The minimum absolute atomic E-state index is 0.152. The fourth-order valence-corrected chi connectivity index (χ4v) is 4.85. The highest BCUT2D eigenvalue weighted by Gasteiger charge is 2.22.